The number of carbonyl (C=O) groups excluding carboxylic acids is 1. The maximum Gasteiger partial charge on any atom is 0.315 e. The van der Waals surface area contributed by atoms with Crippen LogP contribution in [0, 0.1) is 0 Å². The van der Waals surface area contributed by atoms with Crippen molar-refractivity contribution >= 4 is 12.0 Å². The van der Waals surface area contributed by atoms with Crippen molar-refractivity contribution in [2.75, 3.05) is 31.1 Å². The van der Waals surface area contributed by atoms with Crippen LogP contribution in [0.25, 0.3) is 0 Å². The molecule has 2 fully saturated rings. The summed E-state index contributed by atoms with van der Waals surface area (Å²) in [5, 5.41) is 5.94. The van der Waals surface area contributed by atoms with E-state index in [9.17, 15) is 4.79 Å². The first kappa shape index (κ1) is 15.0. The Kier molecular flexibility index (Phi) is 5.05. The van der Waals surface area contributed by atoms with Gasteiger partial charge in [-0.15, -0.1) is 0 Å². The van der Waals surface area contributed by atoms with E-state index in [1.165, 1.54) is 0 Å². The second kappa shape index (κ2) is 7.40. The predicted octanol–water partition coefficient (Wildman–Crippen LogP) is 0.924. The van der Waals surface area contributed by atoms with E-state index < -0.39 is 0 Å². The molecule has 0 radical (unpaired) electrons. The summed E-state index contributed by atoms with van der Waals surface area (Å²) in [4.78, 5) is 22.6. The van der Waals surface area contributed by atoms with Gasteiger partial charge in [-0.2, -0.15) is 0 Å². The van der Waals surface area contributed by atoms with Crippen molar-refractivity contribution in [3.8, 4) is 0 Å². The van der Waals surface area contributed by atoms with Gasteiger partial charge in [-0.05, 0) is 31.7 Å². The van der Waals surface area contributed by atoms with E-state index in [-0.39, 0.29) is 18.2 Å². The molecular formula is C15H23N5O2. The van der Waals surface area contributed by atoms with Gasteiger partial charge in [-0.25, -0.2) is 14.8 Å². The highest BCUT2D eigenvalue weighted by Crippen LogP contribution is 2.15. The summed E-state index contributed by atoms with van der Waals surface area (Å²) >= 11 is 0. The lowest BCUT2D eigenvalue weighted by molar-refractivity contribution is 0.111. The normalized spacial score (nSPS) is 22.5. The fourth-order valence-electron chi connectivity index (χ4n) is 2.93. The van der Waals surface area contributed by atoms with Gasteiger partial charge in [0.1, 0.15) is 0 Å². The van der Waals surface area contributed by atoms with Crippen LogP contribution in [0.1, 0.15) is 25.7 Å². The average molecular weight is 305 g/mol. The summed E-state index contributed by atoms with van der Waals surface area (Å²) in [6.45, 7) is 3.14. The number of nitrogens with zero attached hydrogens (tertiary/aromatic N) is 3. The highest BCUT2D eigenvalue weighted by molar-refractivity contribution is 5.74. The molecule has 1 aromatic heterocycles. The minimum atomic E-state index is -0.0927. The Morgan fingerprint density at radius 2 is 2.05 bits per heavy atom. The molecule has 0 saturated carbocycles. The number of piperidine rings is 1. The van der Waals surface area contributed by atoms with Gasteiger partial charge in [0.2, 0.25) is 5.95 Å². The summed E-state index contributed by atoms with van der Waals surface area (Å²) in [6, 6.07) is 1.94. The molecule has 22 heavy (non-hydrogen) atoms. The van der Waals surface area contributed by atoms with Gasteiger partial charge >= 0.3 is 6.03 Å². The number of urea groups is 1. The summed E-state index contributed by atoms with van der Waals surface area (Å²) < 4.78 is 5.49. The fourth-order valence-corrected chi connectivity index (χ4v) is 2.93. The highest BCUT2D eigenvalue weighted by Gasteiger charge is 2.22. The molecule has 0 aromatic carbocycles. The van der Waals surface area contributed by atoms with Crippen LogP contribution in [0.5, 0.6) is 0 Å². The van der Waals surface area contributed by atoms with Crippen LogP contribution in [0.2, 0.25) is 0 Å². The largest absolute Gasteiger partial charge is 0.376 e. The Balaban J connectivity index is 1.37. The number of anilines is 1. The van der Waals surface area contributed by atoms with E-state index in [1.807, 2.05) is 6.07 Å². The zero-order valence-corrected chi connectivity index (χ0v) is 12.7. The number of ether oxygens (including phenoxy) is 1. The molecule has 2 N–H and O–H groups in total. The maximum absolute atomic E-state index is 11.9. The number of nitrogens with one attached hydrogen (secondary N) is 2. The zero-order valence-electron chi connectivity index (χ0n) is 12.7. The molecule has 2 amide bonds. The summed E-state index contributed by atoms with van der Waals surface area (Å²) in [7, 11) is 0. The number of aromatic nitrogens is 2. The van der Waals surface area contributed by atoms with E-state index >= 15 is 0 Å². The van der Waals surface area contributed by atoms with E-state index in [1.54, 1.807) is 12.4 Å². The number of amides is 2. The lowest BCUT2D eigenvalue weighted by Gasteiger charge is -2.32. The highest BCUT2D eigenvalue weighted by atomic mass is 16.5. The Morgan fingerprint density at radius 1 is 1.27 bits per heavy atom. The van der Waals surface area contributed by atoms with Crippen LogP contribution in [-0.2, 0) is 4.74 Å². The Hall–Kier alpha value is -1.89. The smallest absolute Gasteiger partial charge is 0.315 e. The molecule has 1 aromatic rings. The Bertz CT molecular complexity index is 470. The summed E-state index contributed by atoms with van der Waals surface area (Å²) in [5.41, 5.74) is 0. The second-order valence-corrected chi connectivity index (χ2v) is 5.80. The standard InChI is InChI=1S/C15H23N5O2/c21-15(18-11-13-3-1-10-22-13)19-12-4-8-20(9-5-12)14-16-6-2-7-17-14/h2,6-7,12-13H,1,3-5,8-11H2,(H2,18,19,21)/t13-/m0/s1. The second-order valence-electron chi connectivity index (χ2n) is 5.80. The molecule has 2 aliphatic heterocycles. The van der Waals surface area contributed by atoms with Crippen molar-refractivity contribution in [1.29, 1.82) is 0 Å². The van der Waals surface area contributed by atoms with Crippen LogP contribution in [0.3, 0.4) is 0 Å². The molecule has 1 atom stereocenters. The topological polar surface area (TPSA) is 79.4 Å². The lowest BCUT2D eigenvalue weighted by atomic mass is 10.1. The molecule has 2 saturated heterocycles. The number of rotatable bonds is 4. The number of hydrogen-bond acceptors (Lipinski definition) is 5. The van der Waals surface area contributed by atoms with Crippen LogP contribution < -0.4 is 15.5 Å². The number of hydrogen-bond donors (Lipinski definition) is 2. The summed E-state index contributed by atoms with van der Waals surface area (Å²) in [5.74, 6) is 0.767. The van der Waals surface area contributed by atoms with Crippen molar-refractivity contribution in [3.63, 3.8) is 0 Å². The van der Waals surface area contributed by atoms with E-state index in [4.69, 9.17) is 4.74 Å². The SMILES string of the molecule is O=C(NC[C@@H]1CCCO1)NC1CCN(c2ncccn2)CC1. The average Bonchev–Trinajstić information content (AvgIpc) is 3.08. The van der Waals surface area contributed by atoms with Gasteiger partial charge in [0, 0.05) is 44.7 Å². The van der Waals surface area contributed by atoms with Gasteiger partial charge in [0.25, 0.3) is 0 Å². The molecule has 0 unspecified atom stereocenters. The van der Waals surface area contributed by atoms with Gasteiger partial charge in [0.05, 0.1) is 6.10 Å². The fraction of sp³-hybridized carbons (Fsp3) is 0.667. The van der Waals surface area contributed by atoms with Crippen LogP contribution >= 0.6 is 0 Å². The molecule has 120 valence electrons. The van der Waals surface area contributed by atoms with Gasteiger partial charge in [0.15, 0.2) is 0 Å². The minimum Gasteiger partial charge on any atom is -0.376 e. The third-order valence-corrected chi connectivity index (χ3v) is 4.18. The van der Waals surface area contributed by atoms with Crippen molar-refractivity contribution in [2.24, 2.45) is 0 Å². The number of carbonyl (C=O) groups is 1. The summed E-state index contributed by atoms with van der Waals surface area (Å²) in [6.07, 6.45) is 7.64. The minimum absolute atomic E-state index is 0.0927. The first-order chi connectivity index (χ1) is 10.8. The molecule has 0 aliphatic carbocycles. The molecule has 7 nitrogen and oxygen atoms in total. The molecule has 3 heterocycles. The van der Waals surface area contributed by atoms with E-state index in [0.29, 0.717) is 6.54 Å². The quantitative estimate of drug-likeness (QED) is 0.865. The third-order valence-electron chi connectivity index (χ3n) is 4.18. The van der Waals surface area contributed by atoms with Crippen molar-refractivity contribution in [2.45, 2.75) is 37.8 Å². The van der Waals surface area contributed by atoms with Crippen LogP contribution in [0.15, 0.2) is 18.5 Å². The molecule has 0 spiro atoms. The van der Waals surface area contributed by atoms with Gasteiger partial charge < -0.3 is 20.3 Å². The monoisotopic (exact) mass is 305 g/mol. The van der Waals surface area contributed by atoms with Crippen molar-refractivity contribution in [3.05, 3.63) is 18.5 Å². The zero-order chi connectivity index (χ0) is 15.2. The maximum atomic E-state index is 11.9. The Labute approximate surface area is 130 Å². The molecular weight excluding hydrogens is 282 g/mol. The van der Waals surface area contributed by atoms with E-state index in [2.05, 4.69) is 25.5 Å². The van der Waals surface area contributed by atoms with E-state index in [0.717, 1.165) is 51.3 Å². The Morgan fingerprint density at radius 3 is 2.73 bits per heavy atom. The lowest BCUT2D eigenvalue weighted by Crippen LogP contribution is -2.49. The molecule has 7 heteroatoms. The first-order valence-electron chi connectivity index (χ1n) is 7.99. The third kappa shape index (κ3) is 4.07. The van der Waals surface area contributed by atoms with Crippen LogP contribution in [0.4, 0.5) is 10.7 Å². The predicted molar refractivity (Wildman–Crippen MR) is 82.8 cm³/mol. The van der Waals surface area contributed by atoms with Crippen molar-refractivity contribution in [1.82, 2.24) is 20.6 Å². The molecule has 0 bridgehead atoms. The molecule has 3 rings (SSSR count). The molecule has 2 aliphatic rings. The van der Waals surface area contributed by atoms with Gasteiger partial charge in [-0.3, -0.25) is 0 Å². The van der Waals surface area contributed by atoms with Crippen LogP contribution in [-0.4, -0.2) is 54.4 Å². The first-order valence-corrected chi connectivity index (χ1v) is 7.99. The van der Waals surface area contributed by atoms with Crippen molar-refractivity contribution < 1.29 is 9.53 Å². The van der Waals surface area contributed by atoms with Gasteiger partial charge in [-0.1, -0.05) is 0 Å².